The highest BCUT2D eigenvalue weighted by Crippen LogP contribution is 2.47. The maximum absolute atomic E-state index is 10.9. The van der Waals surface area contributed by atoms with Crippen LogP contribution in [0.1, 0.15) is 76.1 Å². The highest BCUT2D eigenvalue weighted by molar-refractivity contribution is 7.79. The predicted octanol–water partition coefficient (Wildman–Crippen LogP) is 4.65. The van der Waals surface area contributed by atoms with Gasteiger partial charge >= 0.3 is 0 Å². The molecule has 2 saturated carbocycles. The smallest absolute Gasteiger partial charge is 0.257 e. The summed E-state index contributed by atoms with van der Waals surface area (Å²) in [5.41, 5.74) is 1.18. The van der Waals surface area contributed by atoms with Crippen molar-refractivity contribution in [1.82, 2.24) is 15.5 Å². The van der Waals surface area contributed by atoms with Crippen LogP contribution in [0, 0.1) is 23.2 Å². The third kappa shape index (κ3) is 5.85. The number of aromatic nitrogens is 2. The third-order valence-electron chi connectivity index (χ3n) is 7.07. The Bertz CT molecular complexity index is 1030. The van der Waals surface area contributed by atoms with Crippen LogP contribution in [0.2, 0.25) is 0 Å². The molecule has 1 aromatic carbocycles. The highest BCUT2D eigenvalue weighted by Gasteiger charge is 2.42. The summed E-state index contributed by atoms with van der Waals surface area (Å²) >= 11 is -1.72. The Balaban J connectivity index is 1.47. The van der Waals surface area contributed by atoms with Crippen LogP contribution >= 0.6 is 0 Å². The van der Waals surface area contributed by atoms with E-state index in [0.29, 0.717) is 47.3 Å². The molecule has 2 aliphatic carbocycles. The van der Waals surface area contributed by atoms with Gasteiger partial charge in [0.15, 0.2) is 16.9 Å². The summed E-state index contributed by atoms with van der Waals surface area (Å²) in [6.45, 7) is 4.63. The summed E-state index contributed by atoms with van der Waals surface area (Å²) < 4.78 is 31.3. The Morgan fingerprint density at radius 2 is 2.06 bits per heavy atom. The number of benzene rings is 1. The Labute approximate surface area is 203 Å². The number of hydrogen-bond acceptors (Lipinski definition) is 7. The number of fused-ring (bicyclic) bond motifs is 1. The first-order valence-corrected chi connectivity index (χ1v) is 13.6. The molecule has 0 radical (unpaired) electrons. The lowest BCUT2D eigenvalue weighted by molar-refractivity contribution is 0.101. The van der Waals surface area contributed by atoms with Crippen LogP contribution in [0.4, 0.5) is 0 Å². The maximum Gasteiger partial charge on any atom is 0.257 e. The fraction of sp³-hybridized carbons (Fsp3) is 0.640. The minimum atomic E-state index is -1.72. The van der Waals surface area contributed by atoms with Gasteiger partial charge < -0.3 is 19.1 Å². The number of ether oxygens (including phenoxy) is 1. The summed E-state index contributed by atoms with van der Waals surface area (Å²) in [5.74, 6) is 3.42. The topological polar surface area (TPSA) is 121 Å². The average molecular weight is 487 g/mol. The molecule has 5 atom stereocenters. The first-order chi connectivity index (χ1) is 16.5. The molecule has 8 nitrogen and oxygen atoms in total. The van der Waals surface area contributed by atoms with E-state index in [1.807, 2.05) is 19.9 Å². The van der Waals surface area contributed by atoms with Crippen molar-refractivity contribution in [2.45, 2.75) is 76.9 Å². The fourth-order valence-electron chi connectivity index (χ4n) is 5.67. The van der Waals surface area contributed by atoms with E-state index in [4.69, 9.17) is 18.8 Å². The Morgan fingerprint density at radius 3 is 2.82 bits per heavy atom. The molecule has 0 spiro atoms. The van der Waals surface area contributed by atoms with Crippen LogP contribution in [0.5, 0.6) is 5.75 Å². The Morgan fingerprint density at radius 1 is 1.26 bits per heavy atom. The van der Waals surface area contributed by atoms with E-state index in [1.54, 1.807) is 12.1 Å². The third-order valence-corrected chi connectivity index (χ3v) is 7.71. The maximum atomic E-state index is 10.9. The first kappa shape index (κ1) is 24.8. The van der Waals surface area contributed by atoms with Gasteiger partial charge in [-0.3, -0.25) is 0 Å². The number of nitriles is 1. The lowest BCUT2D eigenvalue weighted by Gasteiger charge is -2.45. The molecule has 0 bridgehead atoms. The number of rotatable bonds is 9. The van der Waals surface area contributed by atoms with Gasteiger partial charge in [0, 0.05) is 17.5 Å². The monoisotopic (exact) mass is 486 g/mol. The van der Waals surface area contributed by atoms with Crippen LogP contribution < -0.4 is 10.1 Å². The van der Waals surface area contributed by atoms with E-state index in [2.05, 4.69) is 16.5 Å². The van der Waals surface area contributed by atoms with E-state index < -0.39 is 11.1 Å². The van der Waals surface area contributed by atoms with Gasteiger partial charge in [0.05, 0.1) is 17.4 Å². The highest BCUT2D eigenvalue weighted by atomic mass is 32.2. The van der Waals surface area contributed by atoms with Crippen molar-refractivity contribution in [2.75, 3.05) is 12.3 Å². The summed E-state index contributed by atoms with van der Waals surface area (Å²) in [6, 6.07) is 8.03. The van der Waals surface area contributed by atoms with Gasteiger partial charge in [-0.25, -0.2) is 4.21 Å². The second kappa shape index (κ2) is 11.4. The molecule has 2 fully saturated rings. The van der Waals surface area contributed by atoms with E-state index in [1.165, 1.54) is 6.42 Å². The molecule has 0 amide bonds. The zero-order valence-electron chi connectivity index (χ0n) is 19.9. The van der Waals surface area contributed by atoms with Gasteiger partial charge in [0.2, 0.25) is 0 Å². The van der Waals surface area contributed by atoms with E-state index in [-0.39, 0.29) is 12.0 Å². The van der Waals surface area contributed by atoms with Crippen molar-refractivity contribution in [3.8, 4) is 23.3 Å². The lowest BCUT2D eigenvalue weighted by atomic mass is 9.63. The van der Waals surface area contributed by atoms with Gasteiger partial charge in [-0.15, -0.1) is 0 Å². The Kier molecular flexibility index (Phi) is 8.35. The van der Waals surface area contributed by atoms with Crippen LogP contribution in [-0.4, -0.2) is 43.3 Å². The lowest BCUT2D eigenvalue weighted by Crippen LogP contribution is -2.46. The van der Waals surface area contributed by atoms with Gasteiger partial charge in [0.25, 0.3) is 5.89 Å². The van der Waals surface area contributed by atoms with Crippen LogP contribution in [0.25, 0.3) is 11.5 Å². The van der Waals surface area contributed by atoms with Crippen molar-refractivity contribution in [3.63, 3.8) is 0 Å². The van der Waals surface area contributed by atoms with Gasteiger partial charge in [-0.05, 0) is 82.5 Å². The molecule has 2 aromatic rings. The molecule has 184 valence electrons. The van der Waals surface area contributed by atoms with Crippen LogP contribution in [0.15, 0.2) is 22.7 Å². The summed E-state index contributed by atoms with van der Waals surface area (Å²) in [7, 11) is 0. The molecule has 0 saturated heterocycles. The van der Waals surface area contributed by atoms with E-state index >= 15 is 0 Å². The molecular formula is C25H34N4O4S. The number of hydrogen-bond donors (Lipinski definition) is 2. The standard InChI is InChI=1S/C25H34N4O4S/c1-16(2)32-23-11-10-17(14-18(23)15-26)25-28-24(29-33-25)21-8-3-7-20-19(21)6-4-9-22(20)27-12-5-13-34(30)31/h10-11,14,16,19-22,27H,3-9,12-13H2,1-2H3,(H,30,31)/t19-,20-,21-,22-/m1/s1. The summed E-state index contributed by atoms with van der Waals surface area (Å²) in [4.78, 5) is 4.77. The summed E-state index contributed by atoms with van der Waals surface area (Å²) in [6.07, 6.45) is 7.55. The number of nitrogens with zero attached hydrogens (tertiary/aromatic N) is 3. The van der Waals surface area contributed by atoms with Crippen molar-refractivity contribution in [1.29, 1.82) is 5.26 Å². The molecule has 2 N–H and O–H groups in total. The van der Waals surface area contributed by atoms with Crippen molar-refractivity contribution in [2.24, 2.45) is 11.8 Å². The minimum Gasteiger partial charge on any atom is -0.490 e. The van der Waals surface area contributed by atoms with Crippen molar-refractivity contribution in [3.05, 3.63) is 29.6 Å². The molecule has 2 aliphatic rings. The second-order valence-corrected chi connectivity index (χ2v) is 10.7. The molecule has 34 heavy (non-hydrogen) atoms. The molecular weight excluding hydrogens is 452 g/mol. The fourth-order valence-corrected chi connectivity index (χ4v) is 6.06. The largest absolute Gasteiger partial charge is 0.490 e. The molecule has 4 rings (SSSR count). The first-order valence-electron chi connectivity index (χ1n) is 12.3. The molecule has 1 aromatic heterocycles. The van der Waals surface area contributed by atoms with Gasteiger partial charge in [-0.1, -0.05) is 18.0 Å². The second-order valence-electron chi connectivity index (χ2n) is 9.68. The minimum absolute atomic E-state index is 0.0142. The molecule has 1 heterocycles. The van der Waals surface area contributed by atoms with E-state index in [0.717, 1.165) is 50.0 Å². The molecule has 1 unspecified atom stereocenters. The zero-order chi connectivity index (χ0) is 24.1. The van der Waals surface area contributed by atoms with Crippen molar-refractivity contribution >= 4 is 11.1 Å². The van der Waals surface area contributed by atoms with E-state index in [9.17, 15) is 9.47 Å². The SMILES string of the molecule is CC(C)Oc1ccc(-c2nc([C@@H]3CCC[C@@H]4[C@H]3CCC[C@H]4NCCCS(=O)O)no2)cc1C#N. The van der Waals surface area contributed by atoms with Crippen LogP contribution in [-0.2, 0) is 11.1 Å². The zero-order valence-corrected chi connectivity index (χ0v) is 20.7. The molecule has 9 heteroatoms. The predicted molar refractivity (Wildman–Crippen MR) is 130 cm³/mol. The van der Waals surface area contributed by atoms with Crippen LogP contribution in [0.3, 0.4) is 0 Å². The quantitative estimate of drug-likeness (QED) is 0.388. The van der Waals surface area contributed by atoms with Crippen molar-refractivity contribution < 1.29 is 18.0 Å². The number of nitrogens with one attached hydrogen (secondary N) is 1. The molecule has 0 aliphatic heterocycles. The normalized spacial score (nSPS) is 25.5. The Hall–Kier alpha value is -2.28. The van der Waals surface area contributed by atoms with Gasteiger partial charge in [0.1, 0.15) is 11.8 Å². The summed E-state index contributed by atoms with van der Waals surface area (Å²) in [5, 5.41) is 17.6. The van der Waals surface area contributed by atoms with Gasteiger partial charge in [-0.2, -0.15) is 10.2 Å². The average Bonchev–Trinajstić information content (AvgIpc) is 3.31.